The van der Waals surface area contributed by atoms with E-state index in [1.54, 1.807) is 0 Å². The van der Waals surface area contributed by atoms with E-state index >= 15 is 0 Å². The number of halogens is 2. The third-order valence-electron chi connectivity index (χ3n) is 3.37. The van der Waals surface area contributed by atoms with E-state index in [1.165, 1.54) is 21.7 Å². The van der Waals surface area contributed by atoms with Gasteiger partial charge in [0.05, 0.1) is 0 Å². The van der Waals surface area contributed by atoms with Crippen LogP contribution in [0.25, 0.3) is 16.1 Å². The predicted molar refractivity (Wildman–Crippen MR) is 101 cm³/mol. The Hall–Kier alpha value is -0.447. The third kappa shape index (κ3) is 6.17. The van der Waals surface area contributed by atoms with Crippen LogP contribution in [0.15, 0.2) is 77.9 Å². The first-order valence-electron chi connectivity index (χ1n) is 7.23. The molecule has 0 atom stereocenters. The summed E-state index contributed by atoms with van der Waals surface area (Å²) in [5.41, 5.74) is 1.27. The predicted octanol–water partition coefficient (Wildman–Crippen LogP) is 7.61. The second-order valence-corrected chi connectivity index (χ2v) is 10.6. The average molecular weight is 438 g/mol. The van der Waals surface area contributed by atoms with Crippen LogP contribution >= 0.6 is 24.6 Å². The molecular formula is C19H17Cl2PZr. The summed E-state index contributed by atoms with van der Waals surface area (Å²) in [4.78, 5) is 0. The van der Waals surface area contributed by atoms with E-state index in [0.717, 1.165) is 6.42 Å². The molecule has 1 aliphatic rings. The van der Waals surface area contributed by atoms with Crippen molar-refractivity contribution in [2.24, 2.45) is 0 Å². The molecule has 3 aromatic rings. The molecule has 4 rings (SSSR count). The summed E-state index contributed by atoms with van der Waals surface area (Å²) in [6, 6.07) is 17.4. The minimum atomic E-state index is -0.826. The van der Waals surface area contributed by atoms with Gasteiger partial charge in [-0.2, -0.15) is 12.1 Å². The van der Waals surface area contributed by atoms with Gasteiger partial charge in [-0.1, -0.05) is 30.4 Å². The molecule has 0 spiro atoms. The summed E-state index contributed by atoms with van der Waals surface area (Å²) in [7, 11) is 9.72. The Balaban J connectivity index is 0.000000178. The van der Waals surface area contributed by atoms with Crippen molar-refractivity contribution in [3.63, 3.8) is 0 Å². The van der Waals surface area contributed by atoms with Crippen molar-refractivity contribution in [2.45, 2.75) is 13.3 Å². The summed E-state index contributed by atoms with van der Waals surface area (Å²) in [6.45, 7) is 2.06. The monoisotopic (exact) mass is 436 g/mol. The van der Waals surface area contributed by atoms with Gasteiger partial charge in [-0.3, -0.25) is 6.08 Å². The molecule has 0 saturated heterocycles. The number of hydrogen-bond acceptors (Lipinski definition) is 0. The third-order valence-corrected chi connectivity index (χ3v) is 5.21. The maximum atomic E-state index is 4.93. The SMILES string of the molecule is CC1=[C-]CC=C1.[Cl][Zr+2][Cl].c1ccc2[cH-]c(-p3cccc3)cc2c1. The van der Waals surface area contributed by atoms with Gasteiger partial charge in [0.1, 0.15) is 0 Å². The van der Waals surface area contributed by atoms with Gasteiger partial charge in [0.25, 0.3) is 0 Å². The Morgan fingerprint density at radius 3 is 2.35 bits per heavy atom. The molecule has 1 heterocycles. The van der Waals surface area contributed by atoms with Crippen LogP contribution in [0.4, 0.5) is 0 Å². The zero-order chi connectivity index (χ0) is 16.5. The summed E-state index contributed by atoms with van der Waals surface area (Å²) < 4.78 is 0. The van der Waals surface area contributed by atoms with E-state index < -0.39 is 20.8 Å². The van der Waals surface area contributed by atoms with Gasteiger partial charge in [-0.25, -0.2) is 11.6 Å². The molecule has 1 aromatic heterocycles. The Bertz CT molecular complexity index is 734. The molecular weight excluding hydrogens is 421 g/mol. The van der Waals surface area contributed by atoms with Crippen LogP contribution in [-0.2, 0) is 20.8 Å². The number of allylic oxidation sites excluding steroid dienone is 4. The topological polar surface area (TPSA) is 0 Å². The van der Waals surface area contributed by atoms with Gasteiger partial charge in [0.2, 0.25) is 0 Å². The van der Waals surface area contributed by atoms with E-state index in [0.29, 0.717) is 0 Å². The quantitative estimate of drug-likeness (QED) is 0.343. The zero-order valence-corrected chi connectivity index (χ0v) is 17.7. The smallest absolute Gasteiger partial charge is 0.0395 e. The van der Waals surface area contributed by atoms with E-state index in [1.807, 2.05) is 0 Å². The molecule has 116 valence electrons. The van der Waals surface area contributed by atoms with Gasteiger partial charge >= 0.3 is 37.9 Å². The van der Waals surface area contributed by atoms with E-state index in [2.05, 4.69) is 85.3 Å². The number of rotatable bonds is 1. The van der Waals surface area contributed by atoms with Crippen LogP contribution in [0.2, 0.25) is 0 Å². The molecule has 0 amide bonds. The van der Waals surface area contributed by atoms with Gasteiger partial charge in [0, 0.05) is 0 Å². The Kier molecular flexibility index (Phi) is 8.56. The summed E-state index contributed by atoms with van der Waals surface area (Å²) in [6.07, 6.45) is 8.33. The van der Waals surface area contributed by atoms with Crippen LogP contribution in [0.1, 0.15) is 13.3 Å². The Labute approximate surface area is 157 Å². The molecule has 23 heavy (non-hydrogen) atoms. The van der Waals surface area contributed by atoms with Gasteiger partial charge < -0.3 is 0 Å². The number of benzene rings is 1. The van der Waals surface area contributed by atoms with E-state index in [-0.39, 0.29) is 7.53 Å². The van der Waals surface area contributed by atoms with Crippen molar-refractivity contribution in [1.82, 2.24) is 0 Å². The van der Waals surface area contributed by atoms with Crippen molar-refractivity contribution < 1.29 is 20.8 Å². The van der Waals surface area contributed by atoms with Gasteiger partial charge in [0.15, 0.2) is 0 Å². The van der Waals surface area contributed by atoms with E-state index in [9.17, 15) is 0 Å². The Morgan fingerprint density at radius 2 is 1.83 bits per heavy atom. The molecule has 0 radical (unpaired) electrons. The molecule has 0 saturated carbocycles. The van der Waals surface area contributed by atoms with Crippen LogP contribution < -0.4 is 0 Å². The maximum Gasteiger partial charge on any atom is -0.0395 e. The molecule has 0 unspecified atom stereocenters. The average Bonchev–Trinajstić information content (AvgIpc) is 3.29. The zero-order valence-electron chi connectivity index (χ0n) is 12.8. The summed E-state index contributed by atoms with van der Waals surface area (Å²) in [5, 5.41) is 4.18. The first kappa shape index (κ1) is 18.9. The van der Waals surface area contributed by atoms with Crippen molar-refractivity contribution >= 4 is 35.3 Å². The molecule has 2 aromatic carbocycles. The summed E-state index contributed by atoms with van der Waals surface area (Å²) in [5.74, 6) is 4.59. The van der Waals surface area contributed by atoms with Crippen LogP contribution in [0.3, 0.4) is 0 Å². The molecule has 0 N–H and O–H groups in total. The van der Waals surface area contributed by atoms with Crippen molar-refractivity contribution in [3.05, 3.63) is 83.9 Å². The van der Waals surface area contributed by atoms with E-state index in [4.69, 9.17) is 17.0 Å². The molecule has 0 nitrogen and oxygen atoms in total. The minimum Gasteiger partial charge on any atom is -0.157 e. The first-order chi connectivity index (χ1) is 11.2. The largest absolute Gasteiger partial charge is 0.157 e. The fraction of sp³-hybridized carbons (Fsp3) is 0.105. The minimum absolute atomic E-state index is 0.148. The molecule has 0 aliphatic heterocycles. The van der Waals surface area contributed by atoms with Gasteiger partial charge in [-0.05, 0) is 11.6 Å². The van der Waals surface area contributed by atoms with Crippen LogP contribution in [0, 0.1) is 6.08 Å². The van der Waals surface area contributed by atoms with Crippen molar-refractivity contribution in [2.75, 3.05) is 0 Å². The van der Waals surface area contributed by atoms with Crippen LogP contribution in [0.5, 0.6) is 0 Å². The second kappa shape index (κ2) is 10.4. The molecule has 4 heteroatoms. The standard InChI is InChI=1S/C13H10P.C6H7.2ClH.Zr/c1-2-6-12-10-13(9-11(12)5-1)14-7-3-4-8-14;1-6-4-2-3-5-6;;;/h1-10H;2,4H,3H2,1H3;2*1H;/q2*-1;;;+4/p-2. The first-order valence-corrected chi connectivity index (χ1v) is 15.0. The second-order valence-electron chi connectivity index (χ2n) is 4.97. The molecule has 0 fully saturated rings. The fourth-order valence-electron chi connectivity index (χ4n) is 2.30. The van der Waals surface area contributed by atoms with Crippen molar-refractivity contribution in [3.8, 4) is 5.30 Å². The molecule has 1 aliphatic carbocycles. The fourth-order valence-corrected chi connectivity index (χ4v) is 3.89. The Morgan fingerprint density at radius 1 is 1.13 bits per heavy atom. The van der Waals surface area contributed by atoms with Crippen molar-refractivity contribution in [1.29, 1.82) is 0 Å². The van der Waals surface area contributed by atoms with Gasteiger partial charge in [-0.15, -0.1) is 49.0 Å². The number of fused-ring (bicyclic) bond motifs is 1. The van der Waals surface area contributed by atoms with Crippen LogP contribution in [-0.4, -0.2) is 0 Å². The molecule has 0 bridgehead atoms. The number of hydrogen-bond donors (Lipinski definition) is 0. The maximum absolute atomic E-state index is 4.93. The summed E-state index contributed by atoms with van der Waals surface area (Å²) >= 11 is -0.826. The normalized spacial score (nSPS) is 11.9.